The fourth-order valence-electron chi connectivity index (χ4n) is 5.76. The Hall–Kier alpha value is -2.89. The van der Waals surface area contributed by atoms with Crippen LogP contribution in [0.4, 0.5) is 0 Å². The summed E-state index contributed by atoms with van der Waals surface area (Å²) in [6.07, 6.45) is 6.19. The van der Waals surface area contributed by atoms with Crippen molar-refractivity contribution >= 4 is 22.7 Å². The van der Waals surface area contributed by atoms with Crippen molar-refractivity contribution in [1.29, 1.82) is 0 Å². The SMILES string of the molecule is c1ccc(OP(c2ccccc2)(c2ccccc2)(c2ccccc2)C2CCCCC2)cc1. The van der Waals surface area contributed by atoms with Crippen molar-refractivity contribution in [3.05, 3.63) is 121 Å². The molecule has 1 saturated carbocycles. The Morgan fingerprint density at radius 3 is 1.25 bits per heavy atom. The summed E-state index contributed by atoms with van der Waals surface area (Å²) in [5, 5.41) is 3.98. The van der Waals surface area contributed by atoms with Gasteiger partial charge in [0.05, 0.1) is 0 Å². The van der Waals surface area contributed by atoms with Crippen LogP contribution in [0.3, 0.4) is 0 Å². The molecule has 32 heavy (non-hydrogen) atoms. The van der Waals surface area contributed by atoms with Gasteiger partial charge < -0.3 is 0 Å². The molecule has 4 aromatic carbocycles. The maximum absolute atomic E-state index is 7.62. The first kappa shape index (κ1) is 21.0. The van der Waals surface area contributed by atoms with Crippen LogP contribution in [0.1, 0.15) is 32.1 Å². The van der Waals surface area contributed by atoms with Crippen molar-refractivity contribution in [2.75, 3.05) is 0 Å². The van der Waals surface area contributed by atoms with Gasteiger partial charge in [0.15, 0.2) is 0 Å². The molecular weight excluding hydrogens is 407 g/mol. The molecule has 0 radical (unpaired) electrons. The zero-order chi connectivity index (χ0) is 21.7. The Labute approximate surface area is 192 Å². The van der Waals surface area contributed by atoms with Gasteiger partial charge in [-0.3, -0.25) is 0 Å². The van der Waals surface area contributed by atoms with E-state index in [1.807, 2.05) is 0 Å². The molecule has 0 saturated heterocycles. The van der Waals surface area contributed by atoms with Gasteiger partial charge in [-0.2, -0.15) is 0 Å². The zero-order valence-electron chi connectivity index (χ0n) is 18.5. The normalized spacial score (nSPS) is 16.1. The van der Waals surface area contributed by atoms with Gasteiger partial charge in [-0.15, -0.1) is 0 Å². The zero-order valence-corrected chi connectivity index (χ0v) is 19.4. The van der Waals surface area contributed by atoms with Crippen LogP contribution in [0.25, 0.3) is 0 Å². The van der Waals surface area contributed by atoms with Crippen LogP contribution >= 0.6 is 6.83 Å². The molecule has 0 aromatic heterocycles. The van der Waals surface area contributed by atoms with Crippen molar-refractivity contribution in [3.63, 3.8) is 0 Å². The molecule has 0 unspecified atom stereocenters. The molecule has 5 rings (SSSR count). The Bertz CT molecular complexity index is 1020. The van der Waals surface area contributed by atoms with E-state index >= 15 is 0 Å². The molecule has 0 spiro atoms. The average molecular weight is 439 g/mol. The van der Waals surface area contributed by atoms with E-state index in [0.29, 0.717) is 5.66 Å². The second-order valence-electron chi connectivity index (χ2n) is 8.80. The van der Waals surface area contributed by atoms with Crippen LogP contribution in [0.2, 0.25) is 0 Å². The van der Waals surface area contributed by atoms with Crippen LogP contribution in [-0.4, -0.2) is 5.66 Å². The topological polar surface area (TPSA) is 9.23 Å². The third-order valence-electron chi connectivity index (χ3n) is 7.12. The summed E-state index contributed by atoms with van der Waals surface area (Å²) in [6.45, 7) is -3.34. The summed E-state index contributed by atoms with van der Waals surface area (Å²) in [5.41, 5.74) is 0.433. The van der Waals surface area contributed by atoms with Crippen molar-refractivity contribution in [3.8, 4) is 5.75 Å². The Balaban J connectivity index is 1.95. The monoisotopic (exact) mass is 438 g/mol. The molecule has 0 heterocycles. The number of rotatable bonds is 6. The van der Waals surface area contributed by atoms with Gasteiger partial charge in [0.25, 0.3) is 0 Å². The Morgan fingerprint density at radius 2 is 0.844 bits per heavy atom. The van der Waals surface area contributed by atoms with Gasteiger partial charge in [-0.1, -0.05) is 0 Å². The predicted octanol–water partition coefficient (Wildman–Crippen LogP) is 6.84. The molecule has 0 bridgehead atoms. The van der Waals surface area contributed by atoms with E-state index in [1.165, 1.54) is 48.0 Å². The summed E-state index contributed by atoms with van der Waals surface area (Å²) in [7, 11) is 0. The van der Waals surface area contributed by atoms with Crippen molar-refractivity contribution in [2.45, 2.75) is 37.8 Å². The van der Waals surface area contributed by atoms with Crippen molar-refractivity contribution < 1.29 is 4.52 Å². The van der Waals surface area contributed by atoms with E-state index in [4.69, 9.17) is 4.52 Å². The fourth-order valence-corrected chi connectivity index (χ4v) is 12.6. The summed E-state index contributed by atoms with van der Waals surface area (Å²) < 4.78 is 7.62. The first-order valence-corrected chi connectivity index (χ1v) is 14.0. The molecule has 4 aromatic rings. The third-order valence-corrected chi connectivity index (χ3v) is 13.6. The fraction of sp³-hybridized carbons (Fsp3) is 0.200. The summed E-state index contributed by atoms with van der Waals surface area (Å²) in [4.78, 5) is 0. The quantitative estimate of drug-likeness (QED) is 0.299. The number of hydrogen-bond donors (Lipinski definition) is 0. The van der Waals surface area contributed by atoms with E-state index in [9.17, 15) is 0 Å². The average Bonchev–Trinajstić information content (AvgIpc) is 2.90. The first-order valence-electron chi connectivity index (χ1n) is 11.8. The van der Waals surface area contributed by atoms with Gasteiger partial charge in [0.1, 0.15) is 0 Å². The van der Waals surface area contributed by atoms with Crippen molar-refractivity contribution in [2.24, 2.45) is 0 Å². The summed E-state index contributed by atoms with van der Waals surface area (Å²) in [5.74, 6) is 0.951. The molecule has 0 amide bonds. The van der Waals surface area contributed by atoms with Crippen LogP contribution in [0, 0.1) is 0 Å². The van der Waals surface area contributed by atoms with Crippen LogP contribution < -0.4 is 20.4 Å². The van der Waals surface area contributed by atoms with E-state index < -0.39 is 6.83 Å². The molecule has 0 atom stereocenters. The maximum atomic E-state index is 7.62. The van der Waals surface area contributed by atoms with Crippen LogP contribution in [0.5, 0.6) is 5.75 Å². The second kappa shape index (κ2) is 8.93. The first-order chi connectivity index (χ1) is 15.8. The number of para-hydroxylation sites is 1. The predicted molar refractivity (Wildman–Crippen MR) is 139 cm³/mol. The van der Waals surface area contributed by atoms with E-state index in [0.717, 1.165) is 5.75 Å². The van der Waals surface area contributed by atoms with Gasteiger partial charge >= 0.3 is 192 Å². The van der Waals surface area contributed by atoms with Gasteiger partial charge in [-0.25, -0.2) is 0 Å². The number of benzene rings is 4. The van der Waals surface area contributed by atoms with Crippen LogP contribution in [0.15, 0.2) is 121 Å². The van der Waals surface area contributed by atoms with Crippen molar-refractivity contribution in [1.82, 2.24) is 0 Å². The van der Waals surface area contributed by atoms with E-state index in [2.05, 4.69) is 121 Å². The minimum absolute atomic E-state index is 0.433. The molecule has 162 valence electrons. The standard InChI is InChI=1S/C30H31OP/c1-6-16-26(17-7-1)31-32(27-18-8-2-9-19-27,28-20-10-3-11-21-28,29-22-12-4-13-23-29)30-24-14-5-15-25-30/h1-4,6-13,16-23,30H,5,14-15,24-25H2. The van der Waals surface area contributed by atoms with Gasteiger partial charge in [0.2, 0.25) is 0 Å². The van der Waals surface area contributed by atoms with Crippen LogP contribution in [-0.2, 0) is 0 Å². The molecule has 1 aliphatic carbocycles. The number of hydrogen-bond acceptors (Lipinski definition) is 1. The molecule has 2 heteroatoms. The van der Waals surface area contributed by atoms with E-state index in [-0.39, 0.29) is 0 Å². The Morgan fingerprint density at radius 1 is 0.469 bits per heavy atom. The second-order valence-corrected chi connectivity index (χ2v) is 13.5. The molecule has 1 aliphatic rings. The third kappa shape index (κ3) is 3.28. The summed E-state index contributed by atoms with van der Waals surface area (Å²) in [6, 6.07) is 43.8. The molecule has 0 N–H and O–H groups in total. The minimum atomic E-state index is -3.34. The van der Waals surface area contributed by atoms with Gasteiger partial charge in [0, 0.05) is 0 Å². The molecule has 1 fully saturated rings. The van der Waals surface area contributed by atoms with Gasteiger partial charge in [-0.05, 0) is 0 Å². The molecular formula is C30H31OP. The van der Waals surface area contributed by atoms with E-state index in [1.54, 1.807) is 0 Å². The Kier molecular flexibility index (Phi) is 5.85. The summed E-state index contributed by atoms with van der Waals surface area (Å²) >= 11 is 0. The molecule has 0 aliphatic heterocycles. The molecule has 1 nitrogen and oxygen atoms in total.